The van der Waals surface area contributed by atoms with Crippen LogP contribution in [0.15, 0.2) is 11.6 Å². The van der Waals surface area contributed by atoms with Crippen molar-refractivity contribution in [1.29, 1.82) is 0 Å². The van der Waals surface area contributed by atoms with Crippen LogP contribution in [0.4, 0.5) is 0 Å². The molecule has 1 fully saturated rings. The second kappa shape index (κ2) is 6.66. The maximum absolute atomic E-state index is 12.4. The molecule has 3 N–H and O–H groups in total. The second-order valence-electron chi connectivity index (χ2n) is 6.66. The minimum atomic E-state index is -1.67. The van der Waals surface area contributed by atoms with E-state index in [9.17, 15) is 15.0 Å². The fraction of sp³-hybridized carbons (Fsp3) is 0.812. The highest BCUT2D eigenvalue weighted by Gasteiger charge is 2.48. The molecule has 0 radical (unpaired) electrons. The standard InChI is InChI=1S/C16H27NO5/c1-10(2)16(20,11(3)21-4)15(19)22-9-12-5-7-17-8-6-13(18)14(12)17/h5,10-11,13-14,18,20H,6-9H2,1-4H3/p+1/t11-,13-,14-,16-/m1/s1. The summed E-state index contributed by atoms with van der Waals surface area (Å²) in [5.41, 5.74) is -0.723. The molecule has 22 heavy (non-hydrogen) atoms. The van der Waals surface area contributed by atoms with E-state index in [1.54, 1.807) is 20.8 Å². The predicted molar refractivity (Wildman–Crippen MR) is 80.4 cm³/mol. The summed E-state index contributed by atoms with van der Waals surface area (Å²) in [6.45, 7) is 7.10. The molecular weight excluding hydrogens is 286 g/mol. The Morgan fingerprint density at radius 2 is 2.18 bits per heavy atom. The first-order chi connectivity index (χ1) is 10.3. The Kier molecular flexibility index (Phi) is 5.27. The van der Waals surface area contributed by atoms with E-state index in [0.29, 0.717) is 0 Å². The lowest BCUT2D eigenvalue weighted by atomic mass is 9.85. The van der Waals surface area contributed by atoms with Gasteiger partial charge in [-0.25, -0.2) is 4.79 Å². The third-order valence-corrected chi connectivity index (χ3v) is 5.16. The molecule has 126 valence electrons. The van der Waals surface area contributed by atoms with E-state index >= 15 is 0 Å². The fourth-order valence-corrected chi connectivity index (χ4v) is 3.52. The topological polar surface area (TPSA) is 80.4 Å². The van der Waals surface area contributed by atoms with Crippen LogP contribution in [0.5, 0.6) is 0 Å². The number of aliphatic hydroxyl groups excluding tert-OH is 1. The summed E-state index contributed by atoms with van der Waals surface area (Å²) in [5, 5.41) is 20.7. The number of carbonyl (C=O) groups excluding carboxylic acids is 1. The monoisotopic (exact) mass is 314 g/mol. The largest absolute Gasteiger partial charge is 0.459 e. The number of quaternary nitrogens is 1. The molecule has 0 aromatic carbocycles. The number of fused-ring (bicyclic) bond motifs is 1. The Hall–Kier alpha value is -0.950. The first-order valence-corrected chi connectivity index (χ1v) is 7.96. The molecule has 5 atom stereocenters. The van der Waals surface area contributed by atoms with Gasteiger partial charge in [-0.2, -0.15) is 0 Å². The van der Waals surface area contributed by atoms with Gasteiger partial charge in [0.25, 0.3) is 0 Å². The quantitative estimate of drug-likeness (QED) is 0.429. The molecule has 0 aliphatic carbocycles. The van der Waals surface area contributed by atoms with Crippen LogP contribution in [0.1, 0.15) is 27.2 Å². The van der Waals surface area contributed by atoms with Crippen LogP contribution in [-0.4, -0.2) is 66.8 Å². The van der Waals surface area contributed by atoms with E-state index in [0.717, 1.165) is 25.1 Å². The molecule has 0 spiro atoms. The summed E-state index contributed by atoms with van der Waals surface area (Å²) in [6, 6.07) is 0.0276. The van der Waals surface area contributed by atoms with Crippen molar-refractivity contribution in [2.75, 3.05) is 26.8 Å². The SMILES string of the molecule is CO[C@H](C)[C@@](O)(C(=O)OCC1=CC[NH+]2CC[C@@H](O)[C@@H]12)C(C)C. The van der Waals surface area contributed by atoms with Crippen LogP contribution < -0.4 is 4.90 Å². The van der Waals surface area contributed by atoms with Crippen LogP contribution in [0, 0.1) is 5.92 Å². The molecule has 0 bridgehead atoms. The molecule has 0 amide bonds. The molecule has 1 saturated heterocycles. The van der Waals surface area contributed by atoms with Gasteiger partial charge in [0.2, 0.25) is 0 Å². The Morgan fingerprint density at radius 3 is 2.77 bits per heavy atom. The average molecular weight is 314 g/mol. The zero-order chi connectivity index (χ0) is 16.5. The predicted octanol–water partition coefficient (Wildman–Crippen LogP) is -1.09. The zero-order valence-corrected chi connectivity index (χ0v) is 13.8. The van der Waals surface area contributed by atoms with Crippen molar-refractivity contribution in [1.82, 2.24) is 0 Å². The molecule has 0 aromatic rings. The van der Waals surface area contributed by atoms with Gasteiger partial charge in [-0.3, -0.25) is 0 Å². The number of ether oxygens (including phenoxy) is 2. The molecule has 0 aromatic heterocycles. The Morgan fingerprint density at radius 1 is 1.50 bits per heavy atom. The molecule has 2 rings (SSSR count). The highest BCUT2D eigenvalue weighted by molar-refractivity contribution is 5.80. The van der Waals surface area contributed by atoms with Crippen LogP contribution >= 0.6 is 0 Å². The van der Waals surface area contributed by atoms with E-state index in [4.69, 9.17) is 9.47 Å². The Bertz CT molecular complexity index is 450. The Labute approximate surface area is 131 Å². The van der Waals surface area contributed by atoms with Crippen molar-refractivity contribution in [3.8, 4) is 0 Å². The average Bonchev–Trinajstić information content (AvgIpc) is 3.06. The summed E-state index contributed by atoms with van der Waals surface area (Å²) in [6.07, 6.45) is 1.78. The van der Waals surface area contributed by atoms with Crippen LogP contribution in [0.3, 0.4) is 0 Å². The first-order valence-electron chi connectivity index (χ1n) is 7.96. The van der Waals surface area contributed by atoms with Crippen molar-refractivity contribution < 1.29 is 29.4 Å². The van der Waals surface area contributed by atoms with Gasteiger partial charge in [-0.05, 0) is 18.9 Å². The summed E-state index contributed by atoms with van der Waals surface area (Å²) in [5.74, 6) is -0.995. The van der Waals surface area contributed by atoms with E-state index < -0.39 is 17.7 Å². The minimum Gasteiger partial charge on any atom is -0.459 e. The van der Waals surface area contributed by atoms with Crippen molar-refractivity contribution >= 4 is 5.97 Å². The highest BCUT2D eigenvalue weighted by Crippen LogP contribution is 2.26. The molecule has 1 unspecified atom stereocenters. The highest BCUT2D eigenvalue weighted by atomic mass is 16.6. The van der Waals surface area contributed by atoms with Gasteiger partial charge >= 0.3 is 5.97 Å². The molecular formula is C16H28NO5+. The summed E-state index contributed by atoms with van der Waals surface area (Å²) in [4.78, 5) is 13.7. The van der Waals surface area contributed by atoms with Crippen LogP contribution in [0.25, 0.3) is 0 Å². The summed E-state index contributed by atoms with van der Waals surface area (Å²) in [7, 11) is 1.46. The Balaban J connectivity index is 2.00. The molecule has 6 heteroatoms. The van der Waals surface area contributed by atoms with E-state index in [2.05, 4.69) is 0 Å². The number of esters is 1. The number of methoxy groups -OCH3 is 1. The van der Waals surface area contributed by atoms with Crippen LogP contribution in [0.2, 0.25) is 0 Å². The molecule has 2 heterocycles. The van der Waals surface area contributed by atoms with Gasteiger partial charge < -0.3 is 24.6 Å². The van der Waals surface area contributed by atoms with Crippen LogP contribution in [-0.2, 0) is 14.3 Å². The van der Waals surface area contributed by atoms with Gasteiger partial charge in [0, 0.05) is 19.1 Å². The maximum atomic E-state index is 12.4. The number of aliphatic hydroxyl groups is 2. The number of carbonyl (C=O) groups is 1. The van der Waals surface area contributed by atoms with Crippen molar-refractivity contribution in [3.05, 3.63) is 11.6 Å². The van der Waals surface area contributed by atoms with Gasteiger partial charge in [-0.1, -0.05) is 13.8 Å². The van der Waals surface area contributed by atoms with Gasteiger partial charge in [-0.15, -0.1) is 0 Å². The third-order valence-electron chi connectivity index (χ3n) is 5.16. The lowest BCUT2D eigenvalue weighted by Gasteiger charge is -2.34. The molecule has 0 saturated carbocycles. The first kappa shape index (κ1) is 17.4. The number of hydrogen-bond donors (Lipinski definition) is 3. The van der Waals surface area contributed by atoms with E-state index in [1.807, 2.05) is 6.08 Å². The van der Waals surface area contributed by atoms with Gasteiger partial charge in [0.1, 0.15) is 18.8 Å². The summed E-state index contributed by atoms with van der Waals surface area (Å²) >= 11 is 0. The minimum absolute atomic E-state index is 0.0276. The van der Waals surface area contributed by atoms with E-state index in [-0.39, 0.29) is 24.7 Å². The normalized spacial score (nSPS) is 31.6. The molecule has 2 aliphatic rings. The lowest BCUT2D eigenvalue weighted by Crippen LogP contribution is -3.12. The smallest absolute Gasteiger partial charge is 0.341 e. The number of hydrogen-bond acceptors (Lipinski definition) is 5. The number of nitrogens with one attached hydrogen (secondary N) is 1. The third kappa shape index (κ3) is 2.93. The van der Waals surface area contributed by atoms with Crippen molar-refractivity contribution in [2.24, 2.45) is 5.92 Å². The summed E-state index contributed by atoms with van der Waals surface area (Å²) < 4.78 is 10.5. The van der Waals surface area contributed by atoms with E-state index in [1.165, 1.54) is 12.0 Å². The second-order valence-corrected chi connectivity index (χ2v) is 6.66. The maximum Gasteiger partial charge on any atom is 0.341 e. The molecule has 6 nitrogen and oxygen atoms in total. The molecule has 2 aliphatic heterocycles. The van der Waals surface area contributed by atoms with Gasteiger partial charge in [0.05, 0.1) is 19.2 Å². The van der Waals surface area contributed by atoms with Gasteiger partial charge in [0.15, 0.2) is 5.60 Å². The number of rotatable bonds is 6. The lowest BCUT2D eigenvalue weighted by molar-refractivity contribution is -0.897. The van der Waals surface area contributed by atoms with Crippen molar-refractivity contribution in [2.45, 2.75) is 51.0 Å². The zero-order valence-electron chi connectivity index (χ0n) is 13.8. The fourth-order valence-electron chi connectivity index (χ4n) is 3.52. The van der Waals surface area contributed by atoms with Crippen molar-refractivity contribution in [3.63, 3.8) is 0 Å².